The summed E-state index contributed by atoms with van der Waals surface area (Å²) in [4.78, 5) is 48.9. The lowest BCUT2D eigenvalue weighted by Crippen LogP contribution is -2.22. The SMILES string of the molecule is O=C1CC(Cc2ccc(NC(=O)c3ccccc3C(=O)c3ccc(Cl)cc3)cc2)C(=O)N1. The number of benzene rings is 3. The predicted molar refractivity (Wildman–Crippen MR) is 121 cm³/mol. The molecule has 160 valence electrons. The molecule has 0 bridgehead atoms. The molecule has 3 aromatic carbocycles. The molecule has 1 unspecified atom stereocenters. The number of nitrogens with one attached hydrogen (secondary N) is 2. The molecule has 0 aromatic heterocycles. The van der Waals surface area contributed by atoms with Gasteiger partial charge in [0.1, 0.15) is 0 Å². The summed E-state index contributed by atoms with van der Waals surface area (Å²) in [5.41, 5.74) is 2.43. The summed E-state index contributed by atoms with van der Waals surface area (Å²) < 4.78 is 0. The van der Waals surface area contributed by atoms with E-state index in [0.29, 0.717) is 28.3 Å². The lowest BCUT2D eigenvalue weighted by atomic mass is 9.97. The number of anilines is 1. The Balaban J connectivity index is 1.47. The van der Waals surface area contributed by atoms with Crippen molar-refractivity contribution in [3.8, 4) is 0 Å². The van der Waals surface area contributed by atoms with E-state index in [-0.39, 0.29) is 35.5 Å². The van der Waals surface area contributed by atoms with Crippen LogP contribution in [0.15, 0.2) is 72.8 Å². The molecular weight excluding hydrogens is 428 g/mol. The number of carbonyl (C=O) groups is 4. The van der Waals surface area contributed by atoms with E-state index in [9.17, 15) is 19.2 Å². The molecule has 3 aromatic rings. The van der Waals surface area contributed by atoms with Crippen LogP contribution in [-0.2, 0) is 16.0 Å². The van der Waals surface area contributed by atoms with Gasteiger partial charge in [0.2, 0.25) is 11.8 Å². The third-order valence-corrected chi connectivity index (χ3v) is 5.53. The number of hydrogen-bond acceptors (Lipinski definition) is 4. The molecule has 0 aliphatic carbocycles. The molecule has 4 rings (SSSR count). The lowest BCUT2D eigenvalue weighted by molar-refractivity contribution is -0.125. The highest BCUT2D eigenvalue weighted by Crippen LogP contribution is 2.21. The minimum Gasteiger partial charge on any atom is -0.322 e. The van der Waals surface area contributed by atoms with Crippen LogP contribution in [0.2, 0.25) is 5.02 Å². The van der Waals surface area contributed by atoms with Gasteiger partial charge in [0, 0.05) is 28.3 Å². The van der Waals surface area contributed by atoms with Crippen LogP contribution >= 0.6 is 11.6 Å². The molecule has 3 amide bonds. The molecule has 1 fully saturated rings. The monoisotopic (exact) mass is 446 g/mol. The highest BCUT2D eigenvalue weighted by Gasteiger charge is 2.30. The standard InChI is InChI=1S/C25H19ClN2O4/c26-18-9-7-16(8-10-18)23(30)20-3-1-2-4-21(20)25(32)27-19-11-5-15(6-12-19)13-17-14-22(29)28-24(17)31/h1-12,17H,13-14H2,(H,27,32)(H,28,29,31). The van der Waals surface area contributed by atoms with E-state index in [0.717, 1.165) is 5.56 Å². The van der Waals surface area contributed by atoms with E-state index >= 15 is 0 Å². The number of amides is 3. The van der Waals surface area contributed by atoms with Gasteiger partial charge in [0.15, 0.2) is 5.78 Å². The first-order chi connectivity index (χ1) is 15.4. The van der Waals surface area contributed by atoms with Gasteiger partial charge < -0.3 is 5.32 Å². The number of imide groups is 1. The van der Waals surface area contributed by atoms with Crippen LogP contribution in [-0.4, -0.2) is 23.5 Å². The van der Waals surface area contributed by atoms with Gasteiger partial charge in [0.05, 0.1) is 11.5 Å². The van der Waals surface area contributed by atoms with Gasteiger partial charge in [-0.25, -0.2) is 0 Å². The van der Waals surface area contributed by atoms with Crippen LogP contribution in [0.4, 0.5) is 5.69 Å². The van der Waals surface area contributed by atoms with Crippen molar-refractivity contribution < 1.29 is 19.2 Å². The fourth-order valence-corrected chi connectivity index (χ4v) is 3.74. The maximum Gasteiger partial charge on any atom is 0.256 e. The Kier molecular flexibility index (Phi) is 6.14. The van der Waals surface area contributed by atoms with Crippen molar-refractivity contribution in [2.24, 2.45) is 5.92 Å². The first-order valence-corrected chi connectivity index (χ1v) is 10.4. The predicted octanol–water partition coefficient (Wildman–Crippen LogP) is 4.03. The van der Waals surface area contributed by atoms with Crippen LogP contribution < -0.4 is 10.6 Å². The Morgan fingerprint density at radius 1 is 0.906 bits per heavy atom. The molecule has 1 aliphatic rings. The fraction of sp³-hybridized carbons (Fsp3) is 0.120. The van der Waals surface area contributed by atoms with Crippen molar-refractivity contribution in [3.05, 3.63) is 100 Å². The Hall–Kier alpha value is -3.77. The third-order valence-electron chi connectivity index (χ3n) is 5.28. The van der Waals surface area contributed by atoms with Gasteiger partial charge in [-0.15, -0.1) is 0 Å². The minimum atomic E-state index is -0.406. The second-order valence-electron chi connectivity index (χ2n) is 7.55. The average molecular weight is 447 g/mol. The summed E-state index contributed by atoms with van der Waals surface area (Å²) in [5.74, 6) is -1.55. The topological polar surface area (TPSA) is 92.3 Å². The molecule has 1 saturated heterocycles. The molecule has 7 heteroatoms. The average Bonchev–Trinajstić information content (AvgIpc) is 3.11. The molecule has 1 aliphatic heterocycles. The highest BCUT2D eigenvalue weighted by molar-refractivity contribution is 6.30. The maximum absolute atomic E-state index is 12.9. The van der Waals surface area contributed by atoms with Crippen molar-refractivity contribution in [2.75, 3.05) is 5.32 Å². The molecule has 0 radical (unpaired) electrons. The summed E-state index contributed by atoms with van der Waals surface area (Å²) in [6.45, 7) is 0. The van der Waals surface area contributed by atoms with E-state index in [4.69, 9.17) is 11.6 Å². The maximum atomic E-state index is 12.9. The number of carbonyl (C=O) groups excluding carboxylic acids is 4. The van der Waals surface area contributed by atoms with Crippen LogP contribution in [0.25, 0.3) is 0 Å². The van der Waals surface area contributed by atoms with Crippen molar-refractivity contribution >= 4 is 40.8 Å². The third kappa shape index (κ3) is 4.76. The van der Waals surface area contributed by atoms with Crippen molar-refractivity contribution in [3.63, 3.8) is 0 Å². The molecule has 2 N–H and O–H groups in total. The van der Waals surface area contributed by atoms with Crippen LogP contribution in [0.5, 0.6) is 0 Å². The van der Waals surface area contributed by atoms with Gasteiger partial charge in [-0.05, 0) is 54.4 Å². The van der Waals surface area contributed by atoms with Crippen LogP contribution in [0.1, 0.15) is 38.3 Å². The number of halogens is 1. The second-order valence-corrected chi connectivity index (χ2v) is 7.99. The van der Waals surface area contributed by atoms with E-state index in [2.05, 4.69) is 10.6 Å². The zero-order valence-corrected chi connectivity index (χ0v) is 17.7. The second kappa shape index (κ2) is 9.16. The largest absolute Gasteiger partial charge is 0.322 e. The minimum absolute atomic E-state index is 0.190. The summed E-state index contributed by atoms with van der Waals surface area (Å²) in [7, 11) is 0. The number of ketones is 1. The smallest absolute Gasteiger partial charge is 0.256 e. The van der Waals surface area contributed by atoms with E-state index in [1.165, 1.54) is 0 Å². The zero-order valence-electron chi connectivity index (χ0n) is 16.9. The van der Waals surface area contributed by atoms with Crippen LogP contribution in [0, 0.1) is 5.92 Å². The van der Waals surface area contributed by atoms with Crippen molar-refractivity contribution in [1.82, 2.24) is 5.32 Å². The molecular formula is C25H19ClN2O4. The lowest BCUT2D eigenvalue weighted by Gasteiger charge is -2.11. The Bertz CT molecular complexity index is 1200. The summed E-state index contributed by atoms with van der Waals surface area (Å²) in [6, 6.07) is 20.2. The van der Waals surface area contributed by atoms with Gasteiger partial charge in [-0.2, -0.15) is 0 Å². The highest BCUT2D eigenvalue weighted by atomic mass is 35.5. The summed E-state index contributed by atoms with van der Waals surface area (Å²) >= 11 is 5.90. The van der Waals surface area contributed by atoms with Gasteiger partial charge in [0.25, 0.3) is 5.91 Å². The quantitative estimate of drug-likeness (QED) is 0.441. The first kappa shape index (κ1) is 21.5. The van der Waals surface area contributed by atoms with E-state index in [1.807, 2.05) is 0 Å². The molecule has 0 spiro atoms. The molecule has 1 atom stereocenters. The van der Waals surface area contributed by atoms with Crippen molar-refractivity contribution in [2.45, 2.75) is 12.8 Å². The fourth-order valence-electron chi connectivity index (χ4n) is 3.61. The van der Waals surface area contributed by atoms with Crippen LogP contribution in [0.3, 0.4) is 0 Å². The normalized spacial score (nSPS) is 15.3. The van der Waals surface area contributed by atoms with Gasteiger partial charge in [-0.1, -0.05) is 41.9 Å². The van der Waals surface area contributed by atoms with E-state index < -0.39 is 5.91 Å². The first-order valence-electron chi connectivity index (χ1n) is 10.0. The van der Waals surface area contributed by atoms with Gasteiger partial charge in [-0.3, -0.25) is 24.5 Å². The number of hydrogen-bond donors (Lipinski definition) is 2. The van der Waals surface area contributed by atoms with Gasteiger partial charge >= 0.3 is 0 Å². The van der Waals surface area contributed by atoms with Crippen molar-refractivity contribution in [1.29, 1.82) is 0 Å². The zero-order chi connectivity index (χ0) is 22.7. The van der Waals surface area contributed by atoms with E-state index in [1.54, 1.807) is 72.8 Å². The molecule has 1 heterocycles. The Morgan fingerprint density at radius 3 is 2.19 bits per heavy atom. The Morgan fingerprint density at radius 2 is 1.56 bits per heavy atom. The Labute approximate surface area is 189 Å². The molecule has 32 heavy (non-hydrogen) atoms. The molecule has 0 saturated carbocycles. The number of rotatable bonds is 6. The molecule has 6 nitrogen and oxygen atoms in total. The summed E-state index contributed by atoms with van der Waals surface area (Å²) in [6.07, 6.45) is 0.639. The summed E-state index contributed by atoms with van der Waals surface area (Å²) in [5, 5.41) is 5.63.